The number of fused-ring (bicyclic) bond motifs is 1. The van der Waals surface area contributed by atoms with Gasteiger partial charge in [0.2, 0.25) is 0 Å². The topological polar surface area (TPSA) is 58.2 Å². The fraction of sp³-hybridized carbons (Fsp3) is 0.143. The van der Waals surface area contributed by atoms with Crippen LogP contribution in [-0.4, -0.2) is 15.0 Å². The first-order valence-electron chi connectivity index (χ1n) is 6.30. The van der Waals surface area contributed by atoms with Crippen molar-refractivity contribution in [3.05, 3.63) is 52.3 Å². The Bertz CT molecular complexity index is 809. The molecule has 0 amide bonds. The van der Waals surface area contributed by atoms with E-state index in [9.17, 15) is 12.8 Å². The first-order chi connectivity index (χ1) is 9.95. The van der Waals surface area contributed by atoms with Crippen LogP contribution in [0.15, 0.2) is 45.8 Å². The van der Waals surface area contributed by atoms with Crippen molar-refractivity contribution in [2.24, 2.45) is 0 Å². The van der Waals surface area contributed by atoms with Crippen LogP contribution in [0, 0.1) is 5.82 Å². The Morgan fingerprint density at radius 2 is 2.00 bits per heavy atom. The standard InChI is InChI=1S/C14H12BrFN2O2S/c15-10-1-3-12(16)14(8-10)18-21(19,20)11-2-4-13-9(7-11)5-6-17-13/h1-4,7-8,17-18H,5-6H2. The minimum atomic E-state index is -3.81. The lowest BCUT2D eigenvalue weighted by atomic mass is 10.2. The van der Waals surface area contributed by atoms with Crippen LogP contribution in [0.2, 0.25) is 0 Å². The van der Waals surface area contributed by atoms with Crippen molar-refractivity contribution >= 4 is 37.3 Å². The smallest absolute Gasteiger partial charge is 0.261 e. The molecule has 110 valence electrons. The van der Waals surface area contributed by atoms with Gasteiger partial charge in [0.15, 0.2) is 0 Å². The summed E-state index contributed by atoms with van der Waals surface area (Å²) in [7, 11) is -3.81. The predicted octanol–water partition coefficient (Wildman–Crippen LogP) is 3.36. The Hall–Kier alpha value is -1.60. The molecule has 2 aromatic rings. The zero-order chi connectivity index (χ0) is 15.0. The highest BCUT2D eigenvalue weighted by Gasteiger charge is 2.19. The molecule has 0 unspecified atom stereocenters. The maximum absolute atomic E-state index is 13.7. The molecule has 2 N–H and O–H groups in total. The minimum Gasteiger partial charge on any atom is -0.384 e. The maximum Gasteiger partial charge on any atom is 0.261 e. The summed E-state index contributed by atoms with van der Waals surface area (Å²) in [5, 5.41) is 3.16. The van der Waals surface area contributed by atoms with Crippen molar-refractivity contribution < 1.29 is 12.8 Å². The van der Waals surface area contributed by atoms with Crippen molar-refractivity contribution in [2.45, 2.75) is 11.3 Å². The number of halogens is 2. The van der Waals surface area contributed by atoms with E-state index >= 15 is 0 Å². The van der Waals surface area contributed by atoms with Crippen LogP contribution in [0.1, 0.15) is 5.56 Å². The van der Waals surface area contributed by atoms with E-state index in [1.54, 1.807) is 12.1 Å². The Kier molecular flexibility index (Phi) is 3.62. The van der Waals surface area contributed by atoms with Gasteiger partial charge in [-0.3, -0.25) is 4.72 Å². The lowest BCUT2D eigenvalue weighted by molar-refractivity contribution is 0.598. The molecular weight excluding hydrogens is 359 g/mol. The fourth-order valence-electron chi connectivity index (χ4n) is 2.23. The normalized spacial score (nSPS) is 13.6. The molecule has 4 nitrogen and oxygen atoms in total. The van der Waals surface area contributed by atoms with E-state index in [1.165, 1.54) is 24.3 Å². The molecule has 1 heterocycles. The van der Waals surface area contributed by atoms with Gasteiger partial charge in [-0.05, 0) is 48.4 Å². The summed E-state index contributed by atoms with van der Waals surface area (Å²) in [4.78, 5) is 0.129. The lowest BCUT2D eigenvalue weighted by Crippen LogP contribution is -2.14. The molecule has 3 rings (SSSR count). The van der Waals surface area contributed by atoms with Gasteiger partial charge < -0.3 is 5.32 Å². The quantitative estimate of drug-likeness (QED) is 0.870. The number of anilines is 2. The molecule has 21 heavy (non-hydrogen) atoms. The van der Waals surface area contributed by atoms with E-state index < -0.39 is 15.8 Å². The first kappa shape index (κ1) is 14.3. The fourth-order valence-corrected chi connectivity index (χ4v) is 3.70. The molecule has 2 aromatic carbocycles. The molecule has 0 aliphatic carbocycles. The minimum absolute atomic E-state index is 0.0806. The van der Waals surface area contributed by atoms with Crippen molar-refractivity contribution in [3.8, 4) is 0 Å². The van der Waals surface area contributed by atoms with Crippen LogP contribution in [-0.2, 0) is 16.4 Å². The molecular formula is C14H12BrFN2O2S. The van der Waals surface area contributed by atoms with Crippen LogP contribution in [0.3, 0.4) is 0 Å². The van der Waals surface area contributed by atoms with Gasteiger partial charge in [-0.2, -0.15) is 0 Å². The molecule has 0 bridgehead atoms. The first-order valence-corrected chi connectivity index (χ1v) is 8.58. The van der Waals surface area contributed by atoms with E-state index in [0.29, 0.717) is 4.47 Å². The van der Waals surface area contributed by atoms with Crippen LogP contribution >= 0.6 is 15.9 Å². The van der Waals surface area contributed by atoms with Gasteiger partial charge >= 0.3 is 0 Å². The summed E-state index contributed by atoms with van der Waals surface area (Å²) in [6, 6.07) is 8.96. The van der Waals surface area contributed by atoms with Gasteiger partial charge in [-0.25, -0.2) is 12.8 Å². The van der Waals surface area contributed by atoms with Crippen LogP contribution in [0.4, 0.5) is 15.8 Å². The molecule has 1 aliphatic rings. The highest BCUT2D eigenvalue weighted by molar-refractivity contribution is 9.10. The maximum atomic E-state index is 13.7. The molecule has 0 aromatic heterocycles. The van der Waals surface area contributed by atoms with Crippen molar-refractivity contribution in [2.75, 3.05) is 16.6 Å². The third-order valence-corrected chi connectivity index (χ3v) is 5.13. The summed E-state index contributed by atoms with van der Waals surface area (Å²) >= 11 is 3.19. The molecule has 1 aliphatic heterocycles. The van der Waals surface area contributed by atoms with Crippen LogP contribution in [0.5, 0.6) is 0 Å². The molecule has 0 atom stereocenters. The van der Waals surface area contributed by atoms with E-state index in [-0.39, 0.29) is 10.6 Å². The molecule has 0 saturated heterocycles. The second kappa shape index (κ2) is 5.31. The monoisotopic (exact) mass is 370 g/mol. The Balaban J connectivity index is 1.95. The summed E-state index contributed by atoms with van der Waals surface area (Å²) in [6.45, 7) is 0.798. The third kappa shape index (κ3) is 2.89. The molecule has 0 spiro atoms. The van der Waals surface area contributed by atoms with Gasteiger partial charge in [0.25, 0.3) is 10.0 Å². The van der Waals surface area contributed by atoms with Gasteiger partial charge in [0.1, 0.15) is 5.82 Å². The van der Waals surface area contributed by atoms with E-state index in [4.69, 9.17) is 0 Å². The Morgan fingerprint density at radius 3 is 2.81 bits per heavy atom. The summed E-state index contributed by atoms with van der Waals surface area (Å²) in [5.74, 6) is -0.621. The van der Waals surface area contributed by atoms with Gasteiger partial charge in [-0.15, -0.1) is 0 Å². The summed E-state index contributed by atoms with van der Waals surface area (Å²) < 4.78 is 41.3. The summed E-state index contributed by atoms with van der Waals surface area (Å²) in [5.41, 5.74) is 1.82. The number of hydrogen-bond acceptors (Lipinski definition) is 3. The summed E-state index contributed by atoms with van der Waals surface area (Å²) in [6.07, 6.45) is 0.782. The SMILES string of the molecule is O=S(=O)(Nc1cc(Br)ccc1F)c1ccc2c(c1)CCN2. The van der Waals surface area contributed by atoms with Crippen LogP contribution in [0.25, 0.3) is 0 Å². The average molecular weight is 371 g/mol. The number of benzene rings is 2. The van der Waals surface area contributed by atoms with E-state index in [2.05, 4.69) is 26.0 Å². The average Bonchev–Trinajstić information content (AvgIpc) is 2.90. The second-order valence-corrected chi connectivity index (χ2v) is 7.32. The zero-order valence-corrected chi connectivity index (χ0v) is 13.3. The van der Waals surface area contributed by atoms with Gasteiger partial charge in [0, 0.05) is 16.7 Å². The Morgan fingerprint density at radius 1 is 1.19 bits per heavy atom. The predicted molar refractivity (Wildman–Crippen MR) is 83.5 cm³/mol. The van der Waals surface area contributed by atoms with Gasteiger partial charge in [0.05, 0.1) is 10.6 Å². The number of nitrogens with one attached hydrogen (secondary N) is 2. The van der Waals surface area contributed by atoms with Crippen molar-refractivity contribution in [1.82, 2.24) is 0 Å². The van der Waals surface area contributed by atoms with Crippen molar-refractivity contribution in [3.63, 3.8) is 0 Å². The van der Waals surface area contributed by atoms with Gasteiger partial charge in [-0.1, -0.05) is 15.9 Å². The third-order valence-electron chi connectivity index (χ3n) is 3.27. The highest BCUT2D eigenvalue weighted by atomic mass is 79.9. The molecule has 0 saturated carbocycles. The number of rotatable bonds is 3. The van der Waals surface area contributed by atoms with E-state index in [0.717, 1.165) is 24.2 Å². The highest BCUT2D eigenvalue weighted by Crippen LogP contribution is 2.27. The molecule has 7 heteroatoms. The second-order valence-electron chi connectivity index (χ2n) is 4.73. The Labute approximate surface area is 130 Å². The number of sulfonamides is 1. The van der Waals surface area contributed by atoms with E-state index in [1.807, 2.05) is 0 Å². The molecule has 0 radical (unpaired) electrons. The van der Waals surface area contributed by atoms with Crippen molar-refractivity contribution in [1.29, 1.82) is 0 Å². The number of hydrogen-bond donors (Lipinski definition) is 2. The largest absolute Gasteiger partial charge is 0.384 e. The molecule has 0 fully saturated rings. The van der Waals surface area contributed by atoms with Crippen LogP contribution < -0.4 is 10.0 Å². The lowest BCUT2D eigenvalue weighted by Gasteiger charge is -2.10. The zero-order valence-electron chi connectivity index (χ0n) is 10.9.